The van der Waals surface area contributed by atoms with Crippen molar-refractivity contribution >= 4 is 35.0 Å². The Morgan fingerprint density at radius 1 is 1.32 bits per heavy atom. The molecule has 1 N–H and O–H groups in total. The molecule has 0 spiro atoms. The fourth-order valence-corrected chi connectivity index (χ4v) is 1.95. The maximum atomic E-state index is 12.1. The lowest BCUT2D eigenvalue weighted by atomic mass is 10.2. The van der Waals surface area contributed by atoms with Gasteiger partial charge in [0, 0.05) is 5.69 Å². The van der Waals surface area contributed by atoms with Gasteiger partial charge in [0.15, 0.2) is 10.9 Å². The van der Waals surface area contributed by atoms with Crippen LogP contribution >= 0.6 is 23.4 Å². The molecule has 19 heavy (non-hydrogen) atoms. The predicted molar refractivity (Wildman–Crippen MR) is 78.0 cm³/mol. The van der Waals surface area contributed by atoms with E-state index in [4.69, 9.17) is 11.6 Å². The quantitative estimate of drug-likeness (QED) is 0.696. The van der Waals surface area contributed by atoms with Gasteiger partial charge in [-0.05, 0) is 25.3 Å². The summed E-state index contributed by atoms with van der Waals surface area (Å²) < 4.78 is 0. The van der Waals surface area contributed by atoms with Crippen molar-refractivity contribution in [2.75, 3.05) is 11.6 Å². The van der Waals surface area contributed by atoms with Crippen LogP contribution in [0.25, 0.3) is 0 Å². The summed E-state index contributed by atoms with van der Waals surface area (Å²) in [6, 6.07) is 7.50. The van der Waals surface area contributed by atoms with E-state index in [0.717, 1.165) is 5.56 Å². The van der Waals surface area contributed by atoms with Crippen LogP contribution in [0, 0.1) is 6.92 Å². The van der Waals surface area contributed by atoms with Crippen LogP contribution in [0.4, 0.5) is 5.69 Å². The molecule has 0 saturated heterocycles. The number of nitrogens with zero attached hydrogens (tertiary/aromatic N) is 2. The summed E-state index contributed by atoms with van der Waals surface area (Å²) in [4.78, 5) is 20.2. The molecule has 4 nitrogen and oxygen atoms in total. The molecule has 98 valence electrons. The first-order chi connectivity index (χ1) is 9.10. The number of rotatable bonds is 3. The molecule has 1 aromatic heterocycles. The Morgan fingerprint density at radius 2 is 2.00 bits per heavy atom. The first-order valence-corrected chi connectivity index (χ1v) is 7.15. The summed E-state index contributed by atoms with van der Waals surface area (Å²) in [6.07, 6.45) is 3.27. The van der Waals surface area contributed by atoms with Crippen LogP contribution < -0.4 is 5.32 Å². The third-order valence-corrected chi connectivity index (χ3v) is 3.27. The van der Waals surface area contributed by atoms with Crippen molar-refractivity contribution in [1.29, 1.82) is 0 Å². The molecule has 0 atom stereocenters. The lowest BCUT2D eigenvalue weighted by molar-refractivity contribution is 0.102. The molecule has 2 aromatic rings. The monoisotopic (exact) mass is 293 g/mol. The van der Waals surface area contributed by atoms with Gasteiger partial charge >= 0.3 is 0 Å². The second-order valence-electron chi connectivity index (χ2n) is 3.87. The number of thioether (sulfide) groups is 1. The van der Waals surface area contributed by atoms with Crippen LogP contribution in [0.2, 0.25) is 5.02 Å². The molecule has 6 heteroatoms. The van der Waals surface area contributed by atoms with E-state index < -0.39 is 0 Å². The fourth-order valence-electron chi connectivity index (χ4n) is 1.44. The van der Waals surface area contributed by atoms with E-state index in [1.165, 1.54) is 18.0 Å². The van der Waals surface area contributed by atoms with Gasteiger partial charge in [-0.15, -0.1) is 0 Å². The van der Waals surface area contributed by atoms with E-state index in [2.05, 4.69) is 15.3 Å². The van der Waals surface area contributed by atoms with E-state index in [0.29, 0.717) is 10.8 Å². The van der Waals surface area contributed by atoms with Gasteiger partial charge in [-0.1, -0.05) is 41.1 Å². The van der Waals surface area contributed by atoms with Crippen molar-refractivity contribution < 1.29 is 4.79 Å². The molecule has 0 radical (unpaired) electrons. The van der Waals surface area contributed by atoms with Crippen molar-refractivity contribution in [1.82, 2.24) is 9.97 Å². The minimum atomic E-state index is -0.341. The highest BCUT2D eigenvalue weighted by molar-refractivity contribution is 7.98. The summed E-state index contributed by atoms with van der Waals surface area (Å²) in [5, 5.41) is 3.51. The molecule has 2 rings (SSSR count). The summed E-state index contributed by atoms with van der Waals surface area (Å²) in [5.41, 5.74) is 2.01. The number of halogens is 1. The number of aromatic nitrogens is 2. The third-order valence-electron chi connectivity index (χ3n) is 2.43. The molecule has 1 heterocycles. The van der Waals surface area contributed by atoms with Gasteiger partial charge in [0.05, 0.1) is 11.2 Å². The Bertz CT molecular complexity index is 601. The molecule has 0 bridgehead atoms. The molecule has 1 aromatic carbocycles. The smallest absolute Gasteiger partial charge is 0.275 e. The van der Waals surface area contributed by atoms with Crippen LogP contribution in [0.15, 0.2) is 35.6 Å². The van der Waals surface area contributed by atoms with Crippen LogP contribution in [0.3, 0.4) is 0 Å². The van der Waals surface area contributed by atoms with Gasteiger partial charge in [-0.2, -0.15) is 0 Å². The maximum absolute atomic E-state index is 12.1. The number of carbonyl (C=O) groups is 1. The highest BCUT2D eigenvalue weighted by Crippen LogP contribution is 2.18. The standard InChI is InChI=1S/C13H12ClN3OS/c1-8-3-5-9(6-4-8)16-12(18)11-10(14)7-15-13(17-11)19-2/h3-7H,1-2H3,(H,16,18). The Labute approximate surface area is 120 Å². The zero-order valence-corrected chi connectivity index (χ0v) is 12.0. The van der Waals surface area contributed by atoms with E-state index in [-0.39, 0.29) is 16.6 Å². The molecule has 0 aliphatic rings. The van der Waals surface area contributed by atoms with Crippen molar-refractivity contribution in [2.24, 2.45) is 0 Å². The van der Waals surface area contributed by atoms with Gasteiger partial charge in [0.1, 0.15) is 0 Å². The molecule has 0 saturated carbocycles. The average molecular weight is 294 g/mol. The van der Waals surface area contributed by atoms with E-state index in [9.17, 15) is 4.79 Å². The number of amides is 1. The van der Waals surface area contributed by atoms with Crippen molar-refractivity contribution in [3.8, 4) is 0 Å². The molecule has 0 aliphatic carbocycles. The van der Waals surface area contributed by atoms with E-state index in [1.54, 1.807) is 0 Å². The SMILES string of the molecule is CSc1ncc(Cl)c(C(=O)Nc2ccc(C)cc2)n1. The molecular formula is C13H12ClN3OS. The Balaban J connectivity index is 2.22. The van der Waals surface area contributed by atoms with E-state index in [1.807, 2.05) is 37.4 Å². The number of nitrogens with one attached hydrogen (secondary N) is 1. The van der Waals surface area contributed by atoms with Crippen LogP contribution in [0.1, 0.15) is 16.1 Å². The maximum Gasteiger partial charge on any atom is 0.275 e. The molecular weight excluding hydrogens is 282 g/mol. The van der Waals surface area contributed by atoms with Crippen molar-refractivity contribution in [2.45, 2.75) is 12.1 Å². The molecule has 0 unspecified atom stereocenters. The Kier molecular flexibility index (Phi) is 4.39. The molecule has 0 fully saturated rings. The highest BCUT2D eigenvalue weighted by Gasteiger charge is 2.14. The largest absolute Gasteiger partial charge is 0.321 e. The number of anilines is 1. The molecule has 1 amide bonds. The highest BCUT2D eigenvalue weighted by atomic mass is 35.5. The summed E-state index contributed by atoms with van der Waals surface area (Å²) in [6.45, 7) is 1.98. The summed E-state index contributed by atoms with van der Waals surface area (Å²) >= 11 is 7.30. The van der Waals surface area contributed by atoms with Gasteiger partial charge in [0.2, 0.25) is 0 Å². The number of benzene rings is 1. The second-order valence-corrected chi connectivity index (χ2v) is 5.05. The second kappa shape index (κ2) is 6.04. The van der Waals surface area contributed by atoms with Crippen LogP contribution in [-0.2, 0) is 0 Å². The van der Waals surface area contributed by atoms with Gasteiger partial charge in [0.25, 0.3) is 5.91 Å². The average Bonchev–Trinajstić information content (AvgIpc) is 2.42. The first kappa shape index (κ1) is 13.8. The molecule has 0 aliphatic heterocycles. The number of hydrogen-bond acceptors (Lipinski definition) is 4. The minimum absolute atomic E-state index is 0.182. The topological polar surface area (TPSA) is 54.9 Å². The van der Waals surface area contributed by atoms with Crippen LogP contribution in [0.5, 0.6) is 0 Å². The zero-order valence-electron chi connectivity index (χ0n) is 10.5. The van der Waals surface area contributed by atoms with Crippen LogP contribution in [-0.4, -0.2) is 22.1 Å². The first-order valence-electron chi connectivity index (χ1n) is 5.54. The summed E-state index contributed by atoms with van der Waals surface area (Å²) in [7, 11) is 0. The Hall–Kier alpha value is -1.59. The normalized spacial score (nSPS) is 10.3. The summed E-state index contributed by atoms with van der Waals surface area (Å²) in [5.74, 6) is -0.341. The van der Waals surface area contributed by atoms with E-state index >= 15 is 0 Å². The van der Waals surface area contributed by atoms with Gasteiger partial charge in [-0.3, -0.25) is 4.79 Å². The lowest BCUT2D eigenvalue weighted by Gasteiger charge is -2.07. The van der Waals surface area contributed by atoms with Crippen molar-refractivity contribution in [3.05, 3.63) is 46.7 Å². The third kappa shape index (κ3) is 3.45. The van der Waals surface area contributed by atoms with Gasteiger partial charge < -0.3 is 5.32 Å². The lowest BCUT2D eigenvalue weighted by Crippen LogP contribution is -2.15. The predicted octanol–water partition coefficient (Wildman–Crippen LogP) is 3.41. The Morgan fingerprint density at radius 3 is 2.63 bits per heavy atom. The number of carbonyl (C=O) groups excluding carboxylic acids is 1. The number of aryl methyl sites for hydroxylation is 1. The van der Waals surface area contributed by atoms with Crippen molar-refractivity contribution in [3.63, 3.8) is 0 Å². The fraction of sp³-hybridized carbons (Fsp3) is 0.154. The van der Waals surface area contributed by atoms with Gasteiger partial charge in [-0.25, -0.2) is 9.97 Å². The minimum Gasteiger partial charge on any atom is -0.321 e. The zero-order chi connectivity index (χ0) is 13.8. The number of hydrogen-bond donors (Lipinski definition) is 1.